The highest BCUT2D eigenvalue weighted by atomic mass is 16.2. The summed E-state index contributed by atoms with van der Waals surface area (Å²) in [4.78, 5) is 27.8. The molecule has 0 unspecified atom stereocenters. The molecule has 1 atom stereocenters. The van der Waals surface area contributed by atoms with Crippen molar-refractivity contribution < 1.29 is 4.79 Å². The van der Waals surface area contributed by atoms with Gasteiger partial charge in [0, 0.05) is 30.9 Å². The lowest BCUT2D eigenvalue weighted by Crippen LogP contribution is -2.41. The first-order valence-electron chi connectivity index (χ1n) is 8.47. The van der Waals surface area contributed by atoms with Crippen LogP contribution in [0.25, 0.3) is 10.9 Å². The molecule has 0 bridgehead atoms. The number of amides is 1. The average molecular weight is 333 g/mol. The van der Waals surface area contributed by atoms with Gasteiger partial charge in [0.05, 0.1) is 17.6 Å². The molecule has 4 rings (SSSR count). The number of para-hydroxylation sites is 1. The van der Waals surface area contributed by atoms with Crippen LogP contribution in [-0.4, -0.2) is 33.9 Å². The van der Waals surface area contributed by atoms with E-state index in [2.05, 4.69) is 25.2 Å². The van der Waals surface area contributed by atoms with Crippen LogP contribution in [0.5, 0.6) is 0 Å². The van der Waals surface area contributed by atoms with Crippen molar-refractivity contribution in [2.24, 2.45) is 5.92 Å². The van der Waals surface area contributed by atoms with Gasteiger partial charge in [-0.1, -0.05) is 18.2 Å². The number of anilines is 2. The average Bonchev–Trinajstić information content (AvgIpc) is 2.69. The number of carbonyl (C=O) groups is 1. The van der Waals surface area contributed by atoms with E-state index in [1.54, 1.807) is 18.6 Å². The van der Waals surface area contributed by atoms with Gasteiger partial charge in [-0.15, -0.1) is 0 Å². The Hall–Kier alpha value is -3.02. The number of nitrogens with zero attached hydrogens (tertiary/aromatic N) is 4. The molecule has 0 aliphatic carbocycles. The lowest BCUT2D eigenvalue weighted by Gasteiger charge is -2.32. The Morgan fingerprint density at radius 2 is 2.08 bits per heavy atom. The first-order chi connectivity index (χ1) is 12.3. The van der Waals surface area contributed by atoms with E-state index in [4.69, 9.17) is 0 Å². The van der Waals surface area contributed by atoms with Gasteiger partial charge < -0.3 is 10.2 Å². The molecule has 0 saturated carbocycles. The molecular weight excluding hydrogens is 314 g/mol. The molecule has 1 aliphatic rings. The van der Waals surface area contributed by atoms with Gasteiger partial charge in [-0.3, -0.25) is 9.78 Å². The number of carbonyl (C=O) groups excluding carboxylic acids is 1. The molecule has 6 heteroatoms. The van der Waals surface area contributed by atoms with Crippen LogP contribution in [0.4, 0.5) is 11.6 Å². The predicted molar refractivity (Wildman–Crippen MR) is 97.3 cm³/mol. The van der Waals surface area contributed by atoms with Gasteiger partial charge in [-0.25, -0.2) is 9.97 Å². The Balaban J connectivity index is 1.46. The molecule has 126 valence electrons. The highest BCUT2D eigenvalue weighted by Gasteiger charge is 2.26. The van der Waals surface area contributed by atoms with Crippen LogP contribution in [0.3, 0.4) is 0 Å². The molecule has 0 spiro atoms. The number of piperidine rings is 1. The fourth-order valence-electron chi connectivity index (χ4n) is 3.22. The smallest absolute Gasteiger partial charge is 0.230 e. The van der Waals surface area contributed by atoms with Crippen molar-refractivity contribution in [3.8, 4) is 0 Å². The molecule has 6 nitrogen and oxygen atoms in total. The minimum atomic E-state index is -0.0796. The van der Waals surface area contributed by atoms with E-state index in [9.17, 15) is 4.79 Å². The second kappa shape index (κ2) is 6.84. The third-order valence-corrected chi connectivity index (χ3v) is 4.52. The fourth-order valence-corrected chi connectivity index (χ4v) is 3.22. The van der Waals surface area contributed by atoms with Gasteiger partial charge in [0.15, 0.2) is 0 Å². The third kappa shape index (κ3) is 3.42. The van der Waals surface area contributed by atoms with Crippen LogP contribution < -0.4 is 10.2 Å². The summed E-state index contributed by atoms with van der Waals surface area (Å²) in [6, 6.07) is 11.7. The second-order valence-corrected chi connectivity index (χ2v) is 6.23. The van der Waals surface area contributed by atoms with Gasteiger partial charge >= 0.3 is 0 Å². The Labute approximate surface area is 145 Å². The maximum Gasteiger partial charge on any atom is 0.230 e. The molecule has 2 aromatic heterocycles. The first kappa shape index (κ1) is 15.5. The van der Waals surface area contributed by atoms with Gasteiger partial charge in [0.1, 0.15) is 11.6 Å². The van der Waals surface area contributed by atoms with Gasteiger partial charge in [0.25, 0.3) is 0 Å². The van der Waals surface area contributed by atoms with Crippen LogP contribution >= 0.6 is 0 Å². The number of benzene rings is 1. The number of pyridine rings is 1. The summed E-state index contributed by atoms with van der Waals surface area (Å²) in [5, 5.41) is 4.03. The van der Waals surface area contributed by atoms with E-state index in [0.29, 0.717) is 12.4 Å². The third-order valence-electron chi connectivity index (χ3n) is 4.52. The van der Waals surface area contributed by atoms with E-state index in [0.717, 1.165) is 36.1 Å². The molecule has 3 heterocycles. The standard InChI is InChI=1S/C19H19N5O/c25-19(23-17-8-7-14-4-1-2-6-16(14)22-17)15-5-3-11-24(13-15)18-12-20-9-10-21-18/h1-2,4,6-10,12,15H,3,5,11,13H2,(H,22,23,25)/t15-/m1/s1. The summed E-state index contributed by atoms with van der Waals surface area (Å²) in [6.45, 7) is 1.55. The molecule has 3 aromatic rings. The van der Waals surface area contributed by atoms with E-state index >= 15 is 0 Å². The van der Waals surface area contributed by atoms with Crippen LogP contribution in [0.15, 0.2) is 55.0 Å². The molecule has 25 heavy (non-hydrogen) atoms. The summed E-state index contributed by atoms with van der Waals surface area (Å²) in [5.41, 5.74) is 0.880. The predicted octanol–water partition coefficient (Wildman–Crippen LogP) is 2.88. The minimum absolute atomic E-state index is 0.0105. The van der Waals surface area contributed by atoms with Crippen molar-refractivity contribution in [1.29, 1.82) is 0 Å². The van der Waals surface area contributed by atoms with Gasteiger partial charge in [0.2, 0.25) is 5.91 Å². The van der Waals surface area contributed by atoms with Crippen LogP contribution in [0.2, 0.25) is 0 Å². The summed E-state index contributed by atoms with van der Waals surface area (Å²) < 4.78 is 0. The molecule has 0 radical (unpaired) electrons. The Bertz CT molecular complexity index is 883. The van der Waals surface area contributed by atoms with Crippen LogP contribution in [0.1, 0.15) is 12.8 Å². The number of rotatable bonds is 3. The fraction of sp³-hybridized carbons (Fsp3) is 0.263. The van der Waals surface area contributed by atoms with Crippen molar-refractivity contribution in [2.45, 2.75) is 12.8 Å². The van der Waals surface area contributed by atoms with E-state index in [-0.39, 0.29) is 11.8 Å². The number of fused-ring (bicyclic) bond motifs is 1. The highest BCUT2D eigenvalue weighted by Crippen LogP contribution is 2.22. The quantitative estimate of drug-likeness (QED) is 0.798. The SMILES string of the molecule is O=C(Nc1ccc2ccccc2n1)[C@@H]1CCCN(c2cnccn2)C1. The van der Waals surface area contributed by atoms with Crippen molar-refractivity contribution >= 4 is 28.4 Å². The molecule has 1 aliphatic heterocycles. The maximum atomic E-state index is 12.7. The molecule has 1 N–H and O–H groups in total. The normalized spacial score (nSPS) is 17.4. The largest absolute Gasteiger partial charge is 0.355 e. The van der Waals surface area contributed by atoms with Crippen LogP contribution in [0, 0.1) is 5.92 Å². The van der Waals surface area contributed by atoms with Crippen LogP contribution in [-0.2, 0) is 4.79 Å². The summed E-state index contributed by atoms with van der Waals surface area (Å²) in [7, 11) is 0. The van der Waals surface area contributed by atoms with Gasteiger partial charge in [-0.05, 0) is 31.0 Å². The zero-order chi connectivity index (χ0) is 17.1. The minimum Gasteiger partial charge on any atom is -0.355 e. The summed E-state index contributed by atoms with van der Waals surface area (Å²) >= 11 is 0. The number of aromatic nitrogens is 3. The monoisotopic (exact) mass is 333 g/mol. The highest BCUT2D eigenvalue weighted by molar-refractivity contribution is 5.93. The Kier molecular flexibility index (Phi) is 4.24. The summed E-state index contributed by atoms with van der Waals surface area (Å²) in [6.07, 6.45) is 6.90. The van der Waals surface area contributed by atoms with Crippen molar-refractivity contribution in [3.63, 3.8) is 0 Å². The number of nitrogens with one attached hydrogen (secondary N) is 1. The maximum absolute atomic E-state index is 12.7. The lowest BCUT2D eigenvalue weighted by atomic mass is 9.97. The molecular formula is C19H19N5O. The van der Waals surface area contributed by atoms with E-state index in [1.165, 1.54) is 0 Å². The lowest BCUT2D eigenvalue weighted by molar-refractivity contribution is -0.120. The van der Waals surface area contributed by atoms with E-state index < -0.39 is 0 Å². The molecule has 1 aromatic carbocycles. The number of hydrogen-bond acceptors (Lipinski definition) is 5. The van der Waals surface area contributed by atoms with Crippen molar-refractivity contribution in [1.82, 2.24) is 15.0 Å². The molecule has 1 fully saturated rings. The Morgan fingerprint density at radius 1 is 1.16 bits per heavy atom. The zero-order valence-corrected chi connectivity index (χ0v) is 13.8. The molecule has 1 amide bonds. The zero-order valence-electron chi connectivity index (χ0n) is 13.8. The topological polar surface area (TPSA) is 71.0 Å². The van der Waals surface area contributed by atoms with Crippen molar-refractivity contribution in [3.05, 3.63) is 55.0 Å². The number of hydrogen-bond donors (Lipinski definition) is 1. The molecule has 1 saturated heterocycles. The van der Waals surface area contributed by atoms with Gasteiger partial charge in [-0.2, -0.15) is 0 Å². The van der Waals surface area contributed by atoms with E-state index in [1.807, 2.05) is 36.4 Å². The Morgan fingerprint density at radius 3 is 2.96 bits per heavy atom. The second-order valence-electron chi connectivity index (χ2n) is 6.23. The summed E-state index contributed by atoms with van der Waals surface area (Å²) in [5.74, 6) is 1.35. The first-order valence-corrected chi connectivity index (χ1v) is 8.47. The van der Waals surface area contributed by atoms with Crippen molar-refractivity contribution in [2.75, 3.05) is 23.3 Å².